The molecule has 0 aliphatic heterocycles. The summed E-state index contributed by atoms with van der Waals surface area (Å²) in [6, 6.07) is 3.08. The summed E-state index contributed by atoms with van der Waals surface area (Å²) in [5, 5.41) is 2.82. The van der Waals surface area contributed by atoms with E-state index >= 15 is 0 Å². The van der Waals surface area contributed by atoms with Gasteiger partial charge in [-0.2, -0.15) is 0 Å². The van der Waals surface area contributed by atoms with E-state index in [0.717, 1.165) is 18.2 Å². The van der Waals surface area contributed by atoms with Gasteiger partial charge >= 0.3 is 0 Å². The van der Waals surface area contributed by atoms with Crippen molar-refractivity contribution >= 4 is 18.5 Å². The molecule has 2 aromatic rings. The Balaban J connectivity index is 2.01. The molecule has 0 bridgehead atoms. The van der Waals surface area contributed by atoms with Crippen molar-refractivity contribution < 1.29 is 13.6 Å². The number of carbonyl (C=O) groups is 1. The summed E-state index contributed by atoms with van der Waals surface area (Å²) in [5.41, 5.74) is 0.573. The molecule has 0 saturated carbocycles. The largest absolute Gasteiger partial charge is 0.347 e. The number of amides is 1. The molecule has 1 heterocycles. The number of imidazole rings is 1. The van der Waals surface area contributed by atoms with Crippen LogP contribution in [0.1, 0.15) is 16.1 Å². The molecule has 0 unspecified atom stereocenters. The standard InChI is InChI=1S/C11H9F2N3OS/c12-7-1-6(2-8(13)3-7)4-14-10(17)9-5-15-11(18)16-9/h1-3,5H,4H2,(H,14,17)(H2,15,16,18). The number of carbonyl (C=O) groups excluding carboxylic acids is 1. The molecule has 18 heavy (non-hydrogen) atoms. The fourth-order valence-electron chi connectivity index (χ4n) is 1.42. The number of aromatic amines is 1. The van der Waals surface area contributed by atoms with Crippen LogP contribution in [-0.2, 0) is 6.54 Å². The van der Waals surface area contributed by atoms with Gasteiger partial charge in [0.15, 0.2) is 5.16 Å². The van der Waals surface area contributed by atoms with Crippen molar-refractivity contribution in [2.24, 2.45) is 0 Å². The summed E-state index contributed by atoms with van der Waals surface area (Å²) in [6.07, 6.45) is 1.32. The van der Waals surface area contributed by atoms with E-state index in [0.29, 0.717) is 10.7 Å². The van der Waals surface area contributed by atoms with Gasteiger partial charge in [-0.05, 0) is 17.7 Å². The van der Waals surface area contributed by atoms with E-state index in [2.05, 4.69) is 27.9 Å². The summed E-state index contributed by atoms with van der Waals surface area (Å²) in [4.78, 5) is 18.0. The third-order valence-corrected chi connectivity index (χ3v) is 2.41. The highest BCUT2D eigenvalue weighted by atomic mass is 32.1. The highest BCUT2D eigenvalue weighted by Gasteiger charge is 2.08. The van der Waals surface area contributed by atoms with E-state index in [1.54, 1.807) is 0 Å². The first-order chi connectivity index (χ1) is 8.54. The van der Waals surface area contributed by atoms with Crippen molar-refractivity contribution in [3.63, 3.8) is 0 Å². The van der Waals surface area contributed by atoms with Crippen molar-refractivity contribution in [1.29, 1.82) is 0 Å². The molecule has 0 aliphatic carbocycles. The van der Waals surface area contributed by atoms with E-state index in [9.17, 15) is 13.6 Å². The molecule has 1 aromatic carbocycles. The molecule has 0 spiro atoms. The maximum Gasteiger partial charge on any atom is 0.269 e. The van der Waals surface area contributed by atoms with Crippen molar-refractivity contribution in [2.75, 3.05) is 0 Å². The molecule has 0 aliphatic rings. The number of hydrogen-bond donors (Lipinski definition) is 3. The molecule has 0 atom stereocenters. The summed E-state index contributed by atoms with van der Waals surface area (Å²) in [7, 11) is 0. The van der Waals surface area contributed by atoms with Crippen LogP contribution >= 0.6 is 12.6 Å². The second-order valence-corrected chi connectivity index (χ2v) is 4.00. The third-order valence-electron chi connectivity index (χ3n) is 2.18. The number of halogens is 2. The Morgan fingerprint density at radius 2 is 2.00 bits per heavy atom. The van der Waals surface area contributed by atoms with Gasteiger partial charge in [0.1, 0.15) is 17.3 Å². The van der Waals surface area contributed by atoms with Gasteiger partial charge in [-0.3, -0.25) is 4.79 Å². The van der Waals surface area contributed by atoms with Gasteiger partial charge in [0, 0.05) is 12.6 Å². The van der Waals surface area contributed by atoms with Crippen LogP contribution in [0.5, 0.6) is 0 Å². The zero-order valence-corrected chi connectivity index (χ0v) is 9.97. The Bertz CT molecular complexity index is 565. The van der Waals surface area contributed by atoms with Gasteiger partial charge in [-0.1, -0.05) is 0 Å². The number of hydrogen-bond acceptors (Lipinski definition) is 3. The molecule has 2 N–H and O–H groups in total. The number of benzene rings is 1. The lowest BCUT2D eigenvalue weighted by Gasteiger charge is -2.04. The van der Waals surface area contributed by atoms with Crippen LogP contribution in [0.25, 0.3) is 0 Å². The Morgan fingerprint density at radius 3 is 2.56 bits per heavy atom. The number of nitrogens with one attached hydrogen (secondary N) is 2. The first kappa shape index (κ1) is 12.6. The average molecular weight is 269 g/mol. The van der Waals surface area contributed by atoms with Crippen LogP contribution in [-0.4, -0.2) is 15.9 Å². The van der Waals surface area contributed by atoms with Gasteiger partial charge in [-0.15, -0.1) is 12.6 Å². The number of aromatic nitrogens is 2. The molecule has 94 valence electrons. The van der Waals surface area contributed by atoms with Crippen LogP contribution in [0.3, 0.4) is 0 Å². The maximum absolute atomic E-state index is 12.9. The average Bonchev–Trinajstić information content (AvgIpc) is 2.71. The molecular weight excluding hydrogens is 260 g/mol. The van der Waals surface area contributed by atoms with Gasteiger partial charge in [-0.25, -0.2) is 13.8 Å². The molecule has 1 amide bonds. The second-order valence-electron chi connectivity index (χ2n) is 3.58. The fraction of sp³-hybridized carbons (Fsp3) is 0.0909. The molecule has 0 radical (unpaired) electrons. The van der Waals surface area contributed by atoms with Crippen molar-refractivity contribution in [3.8, 4) is 0 Å². The monoisotopic (exact) mass is 269 g/mol. The lowest BCUT2D eigenvalue weighted by atomic mass is 10.2. The second kappa shape index (κ2) is 5.18. The highest BCUT2D eigenvalue weighted by Crippen LogP contribution is 2.08. The Kier molecular flexibility index (Phi) is 3.61. The highest BCUT2D eigenvalue weighted by molar-refractivity contribution is 7.80. The van der Waals surface area contributed by atoms with Gasteiger partial charge in [0.25, 0.3) is 5.91 Å². The Labute approximate surface area is 107 Å². The van der Waals surface area contributed by atoms with E-state index in [-0.39, 0.29) is 12.2 Å². The minimum Gasteiger partial charge on any atom is -0.347 e. The molecule has 4 nitrogen and oxygen atoms in total. The minimum absolute atomic E-state index is 0.0223. The molecular formula is C11H9F2N3OS. The van der Waals surface area contributed by atoms with Crippen LogP contribution in [0, 0.1) is 11.6 Å². The molecule has 2 rings (SSSR count). The maximum atomic E-state index is 12.9. The number of thiol groups is 1. The SMILES string of the molecule is O=C(NCc1cc(F)cc(F)c1)c1cnc(S)[nH]1. The first-order valence-electron chi connectivity index (χ1n) is 5.02. The summed E-state index contributed by atoms with van der Waals surface area (Å²) in [6.45, 7) is 0.0223. The zero-order valence-electron chi connectivity index (χ0n) is 9.08. The van der Waals surface area contributed by atoms with Crippen LogP contribution in [0.2, 0.25) is 0 Å². The fourth-order valence-corrected chi connectivity index (χ4v) is 1.59. The van der Waals surface area contributed by atoms with Crippen LogP contribution in [0.4, 0.5) is 8.78 Å². The lowest BCUT2D eigenvalue weighted by molar-refractivity contribution is 0.0946. The molecule has 0 fully saturated rings. The van der Waals surface area contributed by atoms with E-state index < -0.39 is 17.5 Å². The van der Waals surface area contributed by atoms with E-state index in [1.807, 2.05) is 0 Å². The predicted octanol–water partition coefficient (Wildman–Crippen LogP) is 1.91. The predicted molar refractivity (Wildman–Crippen MR) is 63.4 cm³/mol. The van der Waals surface area contributed by atoms with Gasteiger partial charge in [0.2, 0.25) is 0 Å². The molecule has 7 heteroatoms. The Hall–Kier alpha value is -1.89. The van der Waals surface area contributed by atoms with Crippen LogP contribution in [0.15, 0.2) is 29.6 Å². The van der Waals surface area contributed by atoms with Crippen LogP contribution < -0.4 is 5.32 Å². The minimum atomic E-state index is -0.682. The van der Waals surface area contributed by atoms with E-state index in [4.69, 9.17) is 0 Å². The van der Waals surface area contributed by atoms with Crippen molar-refractivity contribution in [2.45, 2.75) is 11.7 Å². The normalized spacial score (nSPS) is 10.4. The van der Waals surface area contributed by atoms with Gasteiger partial charge in [0.05, 0.1) is 6.20 Å². The first-order valence-corrected chi connectivity index (χ1v) is 5.46. The lowest BCUT2D eigenvalue weighted by Crippen LogP contribution is -2.23. The smallest absolute Gasteiger partial charge is 0.269 e. The van der Waals surface area contributed by atoms with Crippen molar-refractivity contribution in [1.82, 2.24) is 15.3 Å². The number of nitrogens with zero attached hydrogens (tertiary/aromatic N) is 1. The van der Waals surface area contributed by atoms with Gasteiger partial charge < -0.3 is 10.3 Å². The number of rotatable bonds is 3. The summed E-state index contributed by atoms with van der Waals surface area (Å²) in [5.74, 6) is -1.79. The topological polar surface area (TPSA) is 57.8 Å². The third kappa shape index (κ3) is 3.07. The summed E-state index contributed by atoms with van der Waals surface area (Å²) < 4.78 is 25.8. The quantitative estimate of drug-likeness (QED) is 0.745. The molecule has 0 saturated heterocycles. The number of H-pyrrole nitrogens is 1. The summed E-state index contributed by atoms with van der Waals surface area (Å²) >= 11 is 3.92. The molecule has 1 aromatic heterocycles. The zero-order chi connectivity index (χ0) is 13.1. The van der Waals surface area contributed by atoms with Crippen molar-refractivity contribution in [3.05, 3.63) is 47.3 Å². The Morgan fingerprint density at radius 1 is 1.33 bits per heavy atom. The van der Waals surface area contributed by atoms with E-state index in [1.165, 1.54) is 6.20 Å².